The van der Waals surface area contributed by atoms with Gasteiger partial charge in [-0.05, 0) is 55.7 Å². The summed E-state index contributed by atoms with van der Waals surface area (Å²) in [4.78, 5) is 28.3. The van der Waals surface area contributed by atoms with Gasteiger partial charge in [0.15, 0.2) is 0 Å². The highest BCUT2D eigenvalue weighted by Crippen LogP contribution is 2.45. The maximum Gasteiger partial charge on any atom is 0.416 e. The first kappa shape index (κ1) is 31.4. The van der Waals surface area contributed by atoms with Crippen molar-refractivity contribution in [3.63, 3.8) is 0 Å². The van der Waals surface area contributed by atoms with E-state index in [1.54, 1.807) is 26.0 Å². The topological polar surface area (TPSA) is 68.3 Å². The summed E-state index contributed by atoms with van der Waals surface area (Å²) in [5.74, 6) is 0.412. The molecule has 2 aromatic rings. The van der Waals surface area contributed by atoms with E-state index in [0.717, 1.165) is 12.0 Å². The number of methoxy groups -OCH3 is 2. The molecule has 7 nitrogen and oxygen atoms in total. The molecule has 0 spiro atoms. The van der Waals surface area contributed by atoms with Crippen LogP contribution in [0, 0.1) is 0 Å². The molecule has 14 heteroatoms. The molecule has 0 bridgehead atoms. The van der Waals surface area contributed by atoms with Crippen molar-refractivity contribution in [1.82, 2.24) is 4.90 Å². The van der Waals surface area contributed by atoms with Crippen molar-refractivity contribution < 1.29 is 50.1 Å². The number of fused-ring (bicyclic) bond motifs is 1. The average Bonchev–Trinajstić information content (AvgIpc) is 2.89. The summed E-state index contributed by atoms with van der Waals surface area (Å²) in [6, 6.07) is 2.92. The zero-order chi connectivity index (χ0) is 30.0. The van der Waals surface area contributed by atoms with E-state index >= 15 is 0 Å². The van der Waals surface area contributed by atoms with Gasteiger partial charge in [0.05, 0.1) is 43.7 Å². The first-order valence-electron chi connectivity index (χ1n) is 12.0. The molecule has 3 rings (SSSR count). The molecule has 2 atom stereocenters. The summed E-state index contributed by atoms with van der Waals surface area (Å²) < 4.78 is 96.6. The highest BCUT2D eigenvalue weighted by molar-refractivity contribution is 9.08. The number of hydrogen-bond donors (Lipinski definition) is 0. The molecule has 0 aliphatic carbocycles. The number of carbonyl (C=O) groups is 2. The number of ether oxygens (including phenoxy) is 3. The molecule has 1 aliphatic rings. The second-order valence-corrected chi connectivity index (χ2v) is 9.60. The van der Waals surface area contributed by atoms with Crippen LogP contribution in [0.2, 0.25) is 0 Å². The number of carbonyl (C=O) groups excluding carboxylic acids is 2. The van der Waals surface area contributed by atoms with Gasteiger partial charge in [0.1, 0.15) is 5.75 Å². The van der Waals surface area contributed by atoms with Crippen LogP contribution in [0.25, 0.3) is 0 Å². The summed E-state index contributed by atoms with van der Waals surface area (Å²) in [5.41, 5.74) is -2.04. The van der Waals surface area contributed by atoms with Gasteiger partial charge in [0, 0.05) is 29.5 Å². The van der Waals surface area contributed by atoms with E-state index in [-0.39, 0.29) is 19.1 Å². The summed E-state index contributed by atoms with van der Waals surface area (Å²) >= 11 is 3.36. The molecular weight excluding hydrogens is 614 g/mol. The van der Waals surface area contributed by atoms with Gasteiger partial charge in [0.25, 0.3) is 0 Å². The second kappa shape index (κ2) is 12.1. The zero-order valence-electron chi connectivity index (χ0n) is 22.0. The first-order valence-corrected chi connectivity index (χ1v) is 13.1. The van der Waals surface area contributed by atoms with Crippen molar-refractivity contribution in [2.45, 2.75) is 56.6 Å². The van der Waals surface area contributed by atoms with Gasteiger partial charge in [-0.2, -0.15) is 26.3 Å². The van der Waals surface area contributed by atoms with Gasteiger partial charge in [-0.1, -0.05) is 15.9 Å². The largest absolute Gasteiger partial charge is 0.496 e. The average molecular weight is 641 g/mol. The Kier molecular flexibility index (Phi) is 9.53. The van der Waals surface area contributed by atoms with Crippen LogP contribution in [0.3, 0.4) is 0 Å². The predicted octanol–water partition coefficient (Wildman–Crippen LogP) is 7.69. The Morgan fingerprint density at radius 1 is 1.02 bits per heavy atom. The number of hydrogen-bond acceptors (Lipinski definition) is 5. The fourth-order valence-electron chi connectivity index (χ4n) is 4.69. The lowest BCUT2D eigenvalue weighted by Crippen LogP contribution is -2.47. The van der Waals surface area contributed by atoms with Gasteiger partial charge in [-0.3, -0.25) is 9.80 Å². The van der Waals surface area contributed by atoms with Gasteiger partial charge in [0.2, 0.25) is 0 Å². The van der Waals surface area contributed by atoms with E-state index in [4.69, 9.17) is 14.2 Å². The Balaban J connectivity index is 2.20. The summed E-state index contributed by atoms with van der Waals surface area (Å²) in [5, 5.41) is 0.311. The van der Waals surface area contributed by atoms with Crippen LogP contribution in [0.5, 0.6) is 5.75 Å². The molecule has 0 aromatic heterocycles. The number of benzene rings is 2. The third-order valence-electron chi connectivity index (χ3n) is 6.45. The minimum atomic E-state index is -5.06. The molecule has 2 unspecified atom stereocenters. The molecule has 0 fully saturated rings. The quantitative estimate of drug-likeness (QED) is 0.239. The normalized spacial score (nSPS) is 17.2. The van der Waals surface area contributed by atoms with Crippen molar-refractivity contribution in [3.05, 3.63) is 58.1 Å². The number of nitrogens with zero attached hydrogens (tertiary/aromatic N) is 2. The van der Waals surface area contributed by atoms with E-state index in [2.05, 4.69) is 15.9 Å². The second-order valence-electron chi connectivity index (χ2n) is 9.04. The summed E-state index contributed by atoms with van der Waals surface area (Å²) in [6.07, 6.45) is -11.7. The third kappa shape index (κ3) is 6.58. The molecule has 220 valence electrons. The minimum absolute atomic E-state index is 0.0235. The molecule has 0 N–H and O–H groups in total. The van der Waals surface area contributed by atoms with Crippen LogP contribution in [-0.2, 0) is 33.7 Å². The lowest BCUT2D eigenvalue weighted by atomic mass is 9.89. The lowest BCUT2D eigenvalue weighted by Gasteiger charge is -2.43. The van der Waals surface area contributed by atoms with E-state index in [0.29, 0.717) is 40.0 Å². The number of alkyl halides is 7. The number of rotatable bonds is 6. The van der Waals surface area contributed by atoms with Crippen molar-refractivity contribution in [2.24, 2.45) is 0 Å². The Hall–Kier alpha value is -3.16. The number of anilines is 1. The van der Waals surface area contributed by atoms with E-state index in [1.807, 2.05) is 0 Å². The first-order chi connectivity index (χ1) is 18.7. The standard InChI is InChI=1S/C26H27BrF6N2O5/c1-5-40-24(37)35-14(2)6-20(19-9-16(12-27)22(38-3)11-21(19)35)34(23(36)39-4)13-15-7-17(25(28,29)30)10-18(8-15)26(31,32)33/h7-11,14,20H,5-6,12-13H2,1-4H3. The molecule has 2 amide bonds. The van der Waals surface area contributed by atoms with Crippen molar-refractivity contribution >= 4 is 33.8 Å². The Morgan fingerprint density at radius 3 is 2.10 bits per heavy atom. The maximum atomic E-state index is 13.5. The van der Waals surface area contributed by atoms with Crippen molar-refractivity contribution in [2.75, 3.05) is 25.7 Å². The summed E-state index contributed by atoms with van der Waals surface area (Å²) in [6.45, 7) is 2.77. The van der Waals surface area contributed by atoms with Gasteiger partial charge in [-0.25, -0.2) is 9.59 Å². The van der Waals surface area contributed by atoms with Crippen LogP contribution < -0.4 is 9.64 Å². The number of amides is 2. The van der Waals surface area contributed by atoms with E-state index in [9.17, 15) is 35.9 Å². The lowest BCUT2D eigenvalue weighted by molar-refractivity contribution is -0.143. The van der Waals surface area contributed by atoms with Crippen LogP contribution in [-0.4, -0.2) is 44.0 Å². The fourth-order valence-corrected chi connectivity index (χ4v) is 5.13. The van der Waals surface area contributed by atoms with Crippen LogP contribution >= 0.6 is 15.9 Å². The zero-order valence-corrected chi connectivity index (χ0v) is 23.5. The fraction of sp³-hybridized carbons (Fsp3) is 0.462. The molecule has 0 saturated carbocycles. The Labute approximate surface area is 235 Å². The molecule has 1 aliphatic heterocycles. The van der Waals surface area contributed by atoms with Crippen molar-refractivity contribution in [3.8, 4) is 5.75 Å². The smallest absolute Gasteiger partial charge is 0.416 e. The van der Waals surface area contributed by atoms with Gasteiger partial charge < -0.3 is 14.2 Å². The SMILES string of the molecule is CCOC(=O)N1c2cc(OC)c(CBr)cc2C(N(Cc2cc(C(F)(F)F)cc(C(F)(F)F)c2)C(=O)OC)CC1C. The monoisotopic (exact) mass is 640 g/mol. The number of halogens is 7. The molecule has 40 heavy (non-hydrogen) atoms. The van der Waals surface area contributed by atoms with Gasteiger partial charge in [-0.15, -0.1) is 0 Å². The molecule has 1 heterocycles. The van der Waals surface area contributed by atoms with E-state index in [1.165, 1.54) is 12.0 Å². The Morgan fingerprint density at radius 2 is 1.62 bits per heavy atom. The van der Waals surface area contributed by atoms with Crippen LogP contribution in [0.15, 0.2) is 30.3 Å². The highest BCUT2D eigenvalue weighted by atomic mass is 79.9. The predicted molar refractivity (Wildman–Crippen MR) is 136 cm³/mol. The van der Waals surface area contributed by atoms with Crippen LogP contribution in [0.1, 0.15) is 54.1 Å². The molecular formula is C26H27BrF6N2O5. The molecule has 2 aromatic carbocycles. The van der Waals surface area contributed by atoms with E-state index < -0.39 is 59.9 Å². The summed E-state index contributed by atoms with van der Waals surface area (Å²) in [7, 11) is 2.48. The van der Waals surface area contributed by atoms with Crippen molar-refractivity contribution in [1.29, 1.82) is 0 Å². The van der Waals surface area contributed by atoms with Crippen LogP contribution in [0.4, 0.5) is 41.6 Å². The molecule has 0 radical (unpaired) electrons. The maximum absolute atomic E-state index is 13.5. The highest BCUT2D eigenvalue weighted by Gasteiger charge is 2.41. The third-order valence-corrected chi connectivity index (χ3v) is 7.05. The minimum Gasteiger partial charge on any atom is -0.496 e. The van der Waals surface area contributed by atoms with Gasteiger partial charge >= 0.3 is 24.5 Å². The Bertz CT molecular complexity index is 1220. The molecule has 0 saturated heterocycles.